The molecule has 0 radical (unpaired) electrons. The van der Waals surface area contributed by atoms with Crippen molar-refractivity contribution in [2.45, 2.75) is 25.5 Å². The van der Waals surface area contributed by atoms with Crippen molar-refractivity contribution in [1.82, 2.24) is 19.4 Å². The third kappa shape index (κ3) is 7.08. The maximum atomic E-state index is 13.6. The molecule has 0 bridgehead atoms. The van der Waals surface area contributed by atoms with Crippen LogP contribution < -0.4 is 4.74 Å². The van der Waals surface area contributed by atoms with Gasteiger partial charge in [0.1, 0.15) is 17.8 Å². The topological polar surface area (TPSA) is 50.6 Å². The van der Waals surface area contributed by atoms with Crippen LogP contribution in [0.1, 0.15) is 22.5 Å². The van der Waals surface area contributed by atoms with Gasteiger partial charge in [0.25, 0.3) is 5.91 Å². The number of carbonyl (C=O) groups is 1. The first-order valence-corrected chi connectivity index (χ1v) is 13.0. The molecule has 1 saturated carbocycles. The summed E-state index contributed by atoms with van der Waals surface area (Å²) in [6.45, 7) is 1.82. The molecule has 1 amide bonds. The van der Waals surface area contributed by atoms with Crippen LogP contribution in [-0.4, -0.2) is 64.0 Å². The van der Waals surface area contributed by atoms with Crippen LogP contribution in [0.2, 0.25) is 5.02 Å². The molecule has 1 aliphatic heterocycles. The Morgan fingerprint density at radius 2 is 1.75 bits per heavy atom. The Morgan fingerprint density at radius 3 is 2.38 bits per heavy atom. The maximum Gasteiger partial charge on any atom is 0.573 e. The van der Waals surface area contributed by atoms with Crippen LogP contribution >= 0.6 is 11.6 Å². The average Bonchev–Trinajstić information content (AvgIpc) is 3.23. The number of rotatable bonds is 9. The average molecular weight is 587 g/mol. The lowest BCUT2D eigenvalue weighted by Gasteiger charge is -2.25. The molecule has 3 aromatic rings. The van der Waals surface area contributed by atoms with Gasteiger partial charge in [0.05, 0.1) is 6.42 Å². The zero-order chi connectivity index (χ0) is 28.7. The fourth-order valence-corrected chi connectivity index (χ4v) is 5.57. The number of aromatic nitrogens is 2. The van der Waals surface area contributed by atoms with E-state index in [4.69, 9.17) is 11.6 Å². The number of hydrogen-bond donors (Lipinski definition) is 0. The number of halogens is 7. The molecular weight excluding hydrogens is 562 g/mol. The van der Waals surface area contributed by atoms with Crippen molar-refractivity contribution in [1.29, 1.82) is 0 Å². The second-order valence-corrected chi connectivity index (χ2v) is 10.6. The lowest BCUT2D eigenvalue weighted by molar-refractivity contribution is -0.274. The molecule has 1 saturated heterocycles. The van der Waals surface area contributed by atoms with E-state index >= 15 is 0 Å². The van der Waals surface area contributed by atoms with E-state index in [2.05, 4.69) is 9.72 Å². The fraction of sp³-hybridized carbons (Fsp3) is 0.407. The maximum absolute atomic E-state index is 13.6. The fourth-order valence-electron chi connectivity index (χ4n) is 5.36. The van der Waals surface area contributed by atoms with Crippen molar-refractivity contribution in [3.63, 3.8) is 0 Å². The number of benzene rings is 2. The van der Waals surface area contributed by atoms with Crippen molar-refractivity contribution in [3.05, 3.63) is 77.3 Å². The summed E-state index contributed by atoms with van der Waals surface area (Å²) in [6.07, 6.45) is -6.93. The van der Waals surface area contributed by atoms with E-state index in [-0.39, 0.29) is 48.2 Å². The SMILES string of the molecule is O=C(c1cn(-c2ccc(OC(F)(F)F)cc2)cn1)N(Cc1cccc(Cl)c1)CC1C2CN(CCC(F)(F)F)CC21. The van der Waals surface area contributed by atoms with Crippen LogP contribution in [0.25, 0.3) is 5.69 Å². The van der Waals surface area contributed by atoms with Crippen molar-refractivity contribution in [2.24, 2.45) is 17.8 Å². The Labute approximate surface area is 231 Å². The van der Waals surface area contributed by atoms with Gasteiger partial charge in [-0.05, 0) is 59.7 Å². The molecule has 13 heteroatoms. The summed E-state index contributed by atoms with van der Waals surface area (Å²) >= 11 is 6.14. The zero-order valence-electron chi connectivity index (χ0n) is 21.0. The van der Waals surface area contributed by atoms with Gasteiger partial charge in [0.15, 0.2) is 0 Å². The van der Waals surface area contributed by atoms with Crippen molar-refractivity contribution >= 4 is 17.5 Å². The molecule has 5 rings (SSSR count). The Bertz CT molecular complexity index is 1330. The van der Waals surface area contributed by atoms with Gasteiger partial charge >= 0.3 is 12.5 Å². The van der Waals surface area contributed by atoms with Crippen LogP contribution in [0.5, 0.6) is 5.75 Å². The number of likely N-dealkylation sites (tertiary alicyclic amines) is 1. The second kappa shape index (κ2) is 11.0. The van der Waals surface area contributed by atoms with E-state index in [0.29, 0.717) is 30.3 Å². The van der Waals surface area contributed by atoms with Crippen LogP contribution in [0.3, 0.4) is 0 Å². The summed E-state index contributed by atoms with van der Waals surface area (Å²) in [5.41, 5.74) is 1.45. The predicted octanol–water partition coefficient (Wildman–Crippen LogP) is 6.20. The molecule has 1 aromatic heterocycles. The molecule has 40 heavy (non-hydrogen) atoms. The third-order valence-electron chi connectivity index (χ3n) is 7.31. The highest BCUT2D eigenvalue weighted by atomic mass is 35.5. The van der Waals surface area contributed by atoms with Gasteiger partial charge in [-0.3, -0.25) is 4.79 Å². The number of piperidine rings is 1. The largest absolute Gasteiger partial charge is 0.573 e. The van der Waals surface area contributed by atoms with Crippen molar-refractivity contribution < 1.29 is 35.9 Å². The van der Waals surface area contributed by atoms with Gasteiger partial charge in [-0.25, -0.2) is 4.98 Å². The number of alkyl halides is 6. The molecule has 0 spiro atoms. The predicted molar refractivity (Wildman–Crippen MR) is 134 cm³/mol. The molecule has 1 aliphatic carbocycles. The Morgan fingerprint density at radius 1 is 1.05 bits per heavy atom. The Balaban J connectivity index is 1.27. The molecule has 2 aromatic carbocycles. The lowest BCUT2D eigenvalue weighted by Crippen LogP contribution is -2.35. The quantitative estimate of drug-likeness (QED) is 0.280. The number of ether oxygens (including phenoxy) is 1. The number of carbonyl (C=O) groups excluding carboxylic acids is 1. The molecule has 6 nitrogen and oxygen atoms in total. The second-order valence-electron chi connectivity index (χ2n) is 10.1. The molecule has 214 valence electrons. The summed E-state index contributed by atoms with van der Waals surface area (Å²) in [5.74, 6) is -0.0636. The van der Waals surface area contributed by atoms with Crippen LogP contribution in [0, 0.1) is 17.8 Å². The number of amides is 1. The van der Waals surface area contributed by atoms with E-state index in [1.165, 1.54) is 41.4 Å². The molecule has 2 fully saturated rings. The van der Waals surface area contributed by atoms with Crippen LogP contribution in [0.15, 0.2) is 61.1 Å². The molecular formula is C27H25ClF6N4O2. The molecule has 2 heterocycles. The van der Waals surface area contributed by atoms with Crippen molar-refractivity contribution in [3.8, 4) is 11.4 Å². The number of hydrogen-bond acceptors (Lipinski definition) is 4. The first kappa shape index (κ1) is 28.3. The van der Waals surface area contributed by atoms with E-state index in [9.17, 15) is 31.1 Å². The summed E-state index contributed by atoms with van der Waals surface area (Å²) in [6, 6.07) is 12.3. The number of fused-ring (bicyclic) bond motifs is 1. The summed E-state index contributed by atoms with van der Waals surface area (Å²) in [7, 11) is 0. The van der Waals surface area contributed by atoms with Crippen molar-refractivity contribution in [2.75, 3.05) is 26.2 Å². The van der Waals surface area contributed by atoms with Gasteiger partial charge in [-0.15, -0.1) is 13.2 Å². The zero-order valence-corrected chi connectivity index (χ0v) is 21.8. The third-order valence-corrected chi connectivity index (χ3v) is 7.54. The van der Waals surface area contributed by atoms with E-state index in [0.717, 1.165) is 5.56 Å². The Hall–Kier alpha value is -3.25. The highest BCUT2D eigenvalue weighted by Gasteiger charge is 2.56. The number of imidazole rings is 1. The van der Waals surface area contributed by atoms with Crippen LogP contribution in [0.4, 0.5) is 26.3 Å². The summed E-state index contributed by atoms with van der Waals surface area (Å²) in [4.78, 5) is 21.3. The molecule has 0 N–H and O–H groups in total. The lowest BCUT2D eigenvalue weighted by atomic mass is 10.1. The minimum Gasteiger partial charge on any atom is -0.406 e. The summed E-state index contributed by atoms with van der Waals surface area (Å²) in [5, 5.41) is 0.524. The summed E-state index contributed by atoms with van der Waals surface area (Å²) < 4.78 is 80.6. The number of nitrogens with zero attached hydrogens (tertiary/aromatic N) is 4. The van der Waals surface area contributed by atoms with Gasteiger partial charge in [0, 0.05) is 49.6 Å². The van der Waals surface area contributed by atoms with E-state index < -0.39 is 19.0 Å². The first-order chi connectivity index (χ1) is 18.8. The van der Waals surface area contributed by atoms with Gasteiger partial charge in [-0.1, -0.05) is 23.7 Å². The smallest absolute Gasteiger partial charge is 0.406 e. The van der Waals surface area contributed by atoms with Gasteiger partial charge in [-0.2, -0.15) is 13.2 Å². The highest BCUT2D eigenvalue weighted by molar-refractivity contribution is 6.30. The normalized spacial score (nSPS) is 20.8. The first-order valence-electron chi connectivity index (χ1n) is 12.6. The molecule has 2 unspecified atom stereocenters. The minimum atomic E-state index is -4.80. The standard InChI is InChI=1S/C27H25ClF6N4O2/c28-18-3-1-2-17(10-18)11-37(14-23-21-12-36(13-22(21)23)9-8-26(29,30)31)25(39)24-15-38(16-35-24)19-4-6-20(7-5-19)40-27(32,33)34/h1-7,10,15-16,21-23H,8-9,11-14H2. The van der Waals surface area contributed by atoms with Crippen LogP contribution in [-0.2, 0) is 6.54 Å². The van der Waals surface area contributed by atoms with E-state index in [1.54, 1.807) is 23.1 Å². The molecule has 2 aliphatic rings. The Kier molecular flexibility index (Phi) is 7.75. The monoisotopic (exact) mass is 586 g/mol. The minimum absolute atomic E-state index is 0.0187. The van der Waals surface area contributed by atoms with Gasteiger partial charge < -0.3 is 19.1 Å². The highest BCUT2D eigenvalue weighted by Crippen LogP contribution is 2.52. The van der Waals surface area contributed by atoms with E-state index in [1.807, 2.05) is 11.0 Å². The molecule has 2 atom stereocenters. The van der Waals surface area contributed by atoms with Gasteiger partial charge in [0.2, 0.25) is 0 Å².